The Hall–Kier alpha value is -3.04. The van der Waals surface area contributed by atoms with Crippen LogP contribution in [0.4, 0.5) is 16.0 Å². The van der Waals surface area contributed by atoms with Crippen molar-refractivity contribution in [3.8, 4) is 11.5 Å². The lowest BCUT2D eigenvalue weighted by atomic mass is 10.4. The lowest BCUT2D eigenvalue weighted by molar-refractivity contribution is 0.102. The fourth-order valence-electron chi connectivity index (χ4n) is 2.03. The molecule has 0 saturated heterocycles. The van der Waals surface area contributed by atoms with E-state index < -0.39 is 0 Å². The molecular weight excluding hydrogens is 358 g/mol. The van der Waals surface area contributed by atoms with Gasteiger partial charge in [-0.25, -0.2) is 9.97 Å². The van der Waals surface area contributed by atoms with Crippen LogP contribution in [0.3, 0.4) is 0 Å². The van der Waals surface area contributed by atoms with Crippen LogP contribution in [0.1, 0.15) is 10.5 Å². The number of amides is 1. The summed E-state index contributed by atoms with van der Waals surface area (Å²) in [5.74, 6) is 0.351. The number of aromatic nitrogens is 3. The van der Waals surface area contributed by atoms with Crippen LogP contribution in [0, 0.1) is 0 Å². The standard InChI is InChI=1S/C16H11N5O2S2/c22-14(21-16-19-11(8-24-16)13-4-2-6-23-13)12-9-25-15(20-12)18-10-3-1-5-17-7-10/h1-9H,(H,18,20)(H,19,21,22). The van der Waals surface area contributed by atoms with Gasteiger partial charge in [-0.2, -0.15) is 0 Å². The second-order valence-electron chi connectivity index (χ2n) is 4.87. The Morgan fingerprint density at radius 1 is 1.08 bits per heavy atom. The Bertz CT molecular complexity index is 979. The van der Waals surface area contributed by atoms with Crippen molar-refractivity contribution in [3.05, 3.63) is 59.4 Å². The van der Waals surface area contributed by atoms with Gasteiger partial charge in [0, 0.05) is 17.0 Å². The highest BCUT2D eigenvalue weighted by Gasteiger charge is 2.14. The van der Waals surface area contributed by atoms with Crippen molar-refractivity contribution in [1.82, 2.24) is 15.0 Å². The molecule has 0 atom stereocenters. The second-order valence-corrected chi connectivity index (χ2v) is 6.59. The molecule has 0 aromatic carbocycles. The highest BCUT2D eigenvalue weighted by atomic mass is 32.1. The van der Waals surface area contributed by atoms with Gasteiger partial charge in [0.2, 0.25) is 0 Å². The number of thiazole rings is 2. The molecule has 4 rings (SSSR count). The van der Waals surface area contributed by atoms with Crippen LogP contribution >= 0.6 is 22.7 Å². The molecule has 0 radical (unpaired) electrons. The largest absolute Gasteiger partial charge is 0.463 e. The van der Waals surface area contributed by atoms with E-state index in [4.69, 9.17) is 4.42 Å². The smallest absolute Gasteiger partial charge is 0.276 e. The lowest BCUT2D eigenvalue weighted by Crippen LogP contribution is -2.12. The van der Waals surface area contributed by atoms with Crippen molar-refractivity contribution in [3.63, 3.8) is 0 Å². The van der Waals surface area contributed by atoms with E-state index in [1.807, 2.05) is 23.6 Å². The highest BCUT2D eigenvalue weighted by molar-refractivity contribution is 7.14. The first kappa shape index (κ1) is 15.5. The molecule has 0 aliphatic heterocycles. The number of hydrogen-bond acceptors (Lipinski definition) is 8. The monoisotopic (exact) mass is 369 g/mol. The summed E-state index contributed by atoms with van der Waals surface area (Å²) in [5.41, 5.74) is 1.82. The molecule has 1 amide bonds. The third-order valence-corrected chi connectivity index (χ3v) is 4.66. The van der Waals surface area contributed by atoms with Crippen molar-refractivity contribution >= 4 is 44.5 Å². The molecule has 0 bridgehead atoms. The zero-order valence-corrected chi connectivity index (χ0v) is 14.3. The summed E-state index contributed by atoms with van der Waals surface area (Å²) in [6.07, 6.45) is 4.96. The summed E-state index contributed by atoms with van der Waals surface area (Å²) >= 11 is 2.67. The summed E-state index contributed by atoms with van der Waals surface area (Å²) in [6.45, 7) is 0. The Labute approximate surface area is 150 Å². The van der Waals surface area contributed by atoms with Crippen molar-refractivity contribution in [2.24, 2.45) is 0 Å². The number of hydrogen-bond donors (Lipinski definition) is 2. The van der Waals surface area contributed by atoms with E-state index in [1.165, 1.54) is 22.7 Å². The van der Waals surface area contributed by atoms with Crippen LogP contribution in [0.15, 0.2) is 58.1 Å². The fraction of sp³-hybridized carbons (Fsp3) is 0. The van der Waals surface area contributed by atoms with Gasteiger partial charge < -0.3 is 9.73 Å². The molecule has 7 nitrogen and oxygen atoms in total. The van der Waals surface area contributed by atoms with Gasteiger partial charge in [0.15, 0.2) is 16.0 Å². The molecule has 124 valence electrons. The van der Waals surface area contributed by atoms with Crippen LogP contribution in [0.2, 0.25) is 0 Å². The number of pyridine rings is 1. The van der Waals surface area contributed by atoms with Gasteiger partial charge in [-0.05, 0) is 24.3 Å². The summed E-state index contributed by atoms with van der Waals surface area (Å²) in [5, 5.41) is 10.5. The minimum Gasteiger partial charge on any atom is -0.463 e. The van der Waals surface area contributed by atoms with Crippen molar-refractivity contribution in [2.75, 3.05) is 10.6 Å². The number of carbonyl (C=O) groups is 1. The normalized spacial score (nSPS) is 10.6. The molecule has 4 heterocycles. The van der Waals surface area contributed by atoms with E-state index in [2.05, 4.69) is 25.6 Å². The summed E-state index contributed by atoms with van der Waals surface area (Å²) in [4.78, 5) is 25.0. The van der Waals surface area contributed by atoms with E-state index in [0.29, 0.717) is 27.4 Å². The maximum absolute atomic E-state index is 12.3. The predicted molar refractivity (Wildman–Crippen MR) is 97.4 cm³/mol. The van der Waals surface area contributed by atoms with Gasteiger partial charge in [-0.1, -0.05) is 0 Å². The van der Waals surface area contributed by atoms with Crippen molar-refractivity contribution in [2.45, 2.75) is 0 Å². The molecule has 4 aromatic rings. The number of nitrogens with zero attached hydrogens (tertiary/aromatic N) is 3. The number of furan rings is 1. The molecule has 9 heteroatoms. The average Bonchev–Trinajstić information content (AvgIpc) is 3.37. The average molecular weight is 369 g/mol. The predicted octanol–water partition coefficient (Wildman–Crippen LogP) is 4.25. The lowest BCUT2D eigenvalue weighted by Gasteiger charge is -2.00. The first-order valence-electron chi connectivity index (χ1n) is 7.21. The summed E-state index contributed by atoms with van der Waals surface area (Å²) in [6, 6.07) is 7.30. The molecule has 0 fully saturated rings. The molecule has 4 aromatic heterocycles. The van der Waals surface area contributed by atoms with Gasteiger partial charge in [0.05, 0.1) is 18.1 Å². The number of nitrogens with one attached hydrogen (secondary N) is 2. The van der Waals surface area contributed by atoms with Crippen molar-refractivity contribution in [1.29, 1.82) is 0 Å². The van der Waals surface area contributed by atoms with Gasteiger partial charge in [-0.15, -0.1) is 22.7 Å². The van der Waals surface area contributed by atoms with Crippen LogP contribution in [0.5, 0.6) is 0 Å². The van der Waals surface area contributed by atoms with E-state index in [1.54, 1.807) is 30.1 Å². The molecule has 2 N–H and O–H groups in total. The molecule has 25 heavy (non-hydrogen) atoms. The van der Waals surface area contributed by atoms with Crippen LogP contribution < -0.4 is 10.6 Å². The van der Waals surface area contributed by atoms with Crippen LogP contribution in [-0.2, 0) is 0 Å². The molecular formula is C16H11N5O2S2. The molecule has 0 saturated carbocycles. The van der Waals surface area contributed by atoms with Crippen LogP contribution in [-0.4, -0.2) is 20.9 Å². The minimum atomic E-state index is -0.309. The zero-order chi connectivity index (χ0) is 17.1. The van der Waals surface area contributed by atoms with Crippen molar-refractivity contribution < 1.29 is 9.21 Å². The third kappa shape index (κ3) is 3.57. The van der Waals surface area contributed by atoms with Gasteiger partial charge in [0.25, 0.3) is 5.91 Å². The SMILES string of the molecule is O=C(Nc1nc(-c2ccco2)cs1)c1csc(Nc2cccnc2)n1. The summed E-state index contributed by atoms with van der Waals surface area (Å²) in [7, 11) is 0. The summed E-state index contributed by atoms with van der Waals surface area (Å²) < 4.78 is 5.29. The van der Waals surface area contributed by atoms with Crippen LogP contribution in [0.25, 0.3) is 11.5 Å². The number of rotatable bonds is 5. The Morgan fingerprint density at radius 2 is 2.00 bits per heavy atom. The molecule has 0 aliphatic rings. The number of carbonyl (C=O) groups excluding carboxylic acids is 1. The molecule has 0 aliphatic carbocycles. The van der Waals surface area contributed by atoms with Gasteiger partial charge in [-0.3, -0.25) is 15.1 Å². The second kappa shape index (κ2) is 6.83. The first-order valence-corrected chi connectivity index (χ1v) is 8.97. The molecule has 0 spiro atoms. The van der Waals surface area contributed by atoms with E-state index in [-0.39, 0.29) is 5.91 Å². The third-order valence-electron chi connectivity index (χ3n) is 3.15. The maximum atomic E-state index is 12.3. The number of anilines is 3. The molecule has 0 unspecified atom stereocenters. The quantitative estimate of drug-likeness (QED) is 0.546. The Kier molecular flexibility index (Phi) is 4.23. The highest BCUT2D eigenvalue weighted by Crippen LogP contribution is 2.26. The van der Waals surface area contributed by atoms with E-state index in [9.17, 15) is 4.79 Å². The van der Waals surface area contributed by atoms with E-state index in [0.717, 1.165) is 5.69 Å². The minimum absolute atomic E-state index is 0.309. The topological polar surface area (TPSA) is 92.9 Å². The Balaban J connectivity index is 1.43. The maximum Gasteiger partial charge on any atom is 0.276 e. The zero-order valence-electron chi connectivity index (χ0n) is 12.7. The fourth-order valence-corrected chi connectivity index (χ4v) is 3.43. The van der Waals surface area contributed by atoms with E-state index >= 15 is 0 Å². The van der Waals surface area contributed by atoms with Gasteiger partial charge >= 0.3 is 0 Å². The van der Waals surface area contributed by atoms with Gasteiger partial charge in [0.1, 0.15) is 11.4 Å². The first-order chi connectivity index (χ1) is 12.3. The Morgan fingerprint density at radius 3 is 2.80 bits per heavy atom.